The molecule has 0 aromatic heterocycles. The van der Waals surface area contributed by atoms with Crippen LogP contribution in [0.1, 0.15) is 13.8 Å². The van der Waals surface area contributed by atoms with Gasteiger partial charge in [-0.15, -0.1) is 0 Å². The van der Waals surface area contributed by atoms with Crippen LogP contribution in [0.3, 0.4) is 0 Å². The van der Waals surface area contributed by atoms with Crippen LogP contribution in [0, 0.1) is 0 Å². The minimum atomic E-state index is 0.0929. The van der Waals surface area contributed by atoms with E-state index in [1.54, 1.807) is 0 Å². The predicted molar refractivity (Wildman–Crippen MR) is 66.2 cm³/mol. The molecular weight excluding hydrogens is 256 g/mol. The highest BCUT2D eigenvalue weighted by atomic mass is 79.9. The molecule has 0 aromatic carbocycles. The van der Waals surface area contributed by atoms with E-state index in [9.17, 15) is 4.79 Å². The highest BCUT2D eigenvalue weighted by molar-refractivity contribution is 9.09. The van der Waals surface area contributed by atoms with Crippen LogP contribution in [-0.2, 0) is 4.79 Å². The second-order valence-electron chi connectivity index (χ2n) is 4.16. The van der Waals surface area contributed by atoms with Crippen molar-refractivity contribution in [1.82, 2.24) is 9.80 Å². The Morgan fingerprint density at radius 2 is 1.87 bits per heavy atom. The van der Waals surface area contributed by atoms with Gasteiger partial charge in [0, 0.05) is 43.1 Å². The highest BCUT2D eigenvalue weighted by Gasteiger charge is 2.23. The summed E-state index contributed by atoms with van der Waals surface area (Å²) >= 11 is 3.26. The molecule has 1 amide bonds. The molecule has 0 N–H and O–H groups in total. The SMILES string of the molecule is C=C(CBr)C(=O)N1CCN(C(C)C)CC1. The first kappa shape index (κ1) is 12.7. The lowest BCUT2D eigenvalue weighted by atomic mass is 10.2. The van der Waals surface area contributed by atoms with Crippen LogP contribution in [0.15, 0.2) is 12.2 Å². The number of halogens is 1. The molecule has 1 saturated heterocycles. The minimum absolute atomic E-state index is 0.0929. The summed E-state index contributed by atoms with van der Waals surface area (Å²) in [6.45, 7) is 11.7. The maximum atomic E-state index is 11.8. The number of piperazine rings is 1. The van der Waals surface area contributed by atoms with E-state index in [4.69, 9.17) is 0 Å². The van der Waals surface area contributed by atoms with Crippen molar-refractivity contribution in [2.24, 2.45) is 0 Å². The lowest BCUT2D eigenvalue weighted by Crippen LogP contribution is -2.51. The van der Waals surface area contributed by atoms with Crippen LogP contribution in [0.4, 0.5) is 0 Å². The van der Waals surface area contributed by atoms with Crippen molar-refractivity contribution in [2.45, 2.75) is 19.9 Å². The van der Waals surface area contributed by atoms with E-state index in [1.807, 2.05) is 4.90 Å². The molecule has 0 unspecified atom stereocenters. The van der Waals surface area contributed by atoms with E-state index in [0.717, 1.165) is 26.2 Å². The molecule has 0 saturated carbocycles. The third kappa shape index (κ3) is 3.31. The maximum absolute atomic E-state index is 11.8. The summed E-state index contributed by atoms with van der Waals surface area (Å²) in [5.41, 5.74) is 0.646. The summed E-state index contributed by atoms with van der Waals surface area (Å²) in [6, 6.07) is 0.571. The first-order chi connectivity index (χ1) is 7.06. The molecule has 4 heteroatoms. The molecule has 0 radical (unpaired) electrons. The van der Waals surface area contributed by atoms with Gasteiger partial charge in [0.25, 0.3) is 0 Å². The molecule has 1 fully saturated rings. The van der Waals surface area contributed by atoms with Crippen LogP contribution in [0.2, 0.25) is 0 Å². The van der Waals surface area contributed by atoms with E-state index >= 15 is 0 Å². The fourth-order valence-electron chi connectivity index (χ4n) is 1.72. The Bertz CT molecular complexity index is 245. The third-order valence-corrected chi connectivity index (χ3v) is 3.47. The van der Waals surface area contributed by atoms with Crippen LogP contribution in [-0.4, -0.2) is 53.3 Å². The van der Waals surface area contributed by atoms with E-state index in [0.29, 0.717) is 16.9 Å². The van der Waals surface area contributed by atoms with Gasteiger partial charge in [0.2, 0.25) is 5.91 Å². The van der Waals surface area contributed by atoms with Gasteiger partial charge in [0.15, 0.2) is 0 Å². The molecule has 0 aromatic rings. The number of carbonyl (C=O) groups is 1. The molecule has 0 spiro atoms. The third-order valence-electron chi connectivity index (χ3n) is 2.80. The van der Waals surface area contributed by atoms with Crippen LogP contribution in [0.5, 0.6) is 0 Å². The molecule has 1 rings (SSSR count). The zero-order valence-electron chi connectivity index (χ0n) is 9.50. The van der Waals surface area contributed by atoms with Gasteiger partial charge in [0.1, 0.15) is 0 Å². The molecule has 0 atom stereocenters. The fourth-order valence-corrected chi connectivity index (χ4v) is 1.96. The largest absolute Gasteiger partial charge is 0.336 e. The lowest BCUT2D eigenvalue weighted by molar-refractivity contribution is -0.128. The zero-order chi connectivity index (χ0) is 11.4. The van der Waals surface area contributed by atoms with Crippen molar-refractivity contribution < 1.29 is 4.79 Å². The van der Waals surface area contributed by atoms with Crippen LogP contribution in [0.25, 0.3) is 0 Å². The van der Waals surface area contributed by atoms with Crippen LogP contribution < -0.4 is 0 Å². The first-order valence-electron chi connectivity index (χ1n) is 5.33. The molecular formula is C11H19BrN2O. The molecule has 1 heterocycles. The Hall–Kier alpha value is -0.350. The quantitative estimate of drug-likeness (QED) is 0.575. The van der Waals surface area contributed by atoms with Gasteiger partial charge >= 0.3 is 0 Å². The fraction of sp³-hybridized carbons (Fsp3) is 0.727. The van der Waals surface area contributed by atoms with Gasteiger partial charge in [-0.05, 0) is 13.8 Å². The molecule has 3 nitrogen and oxygen atoms in total. The van der Waals surface area contributed by atoms with E-state index in [-0.39, 0.29) is 5.91 Å². The topological polar surface area (TPSA) is 23.6 Å². The lowest BCUT2D eigenvalue weighted by Gasteiger charge is -2.37. The maximum Gasteiger partial charge on any atom is 0.250 e. The van der Waals surface area contributed by atoms with Crippen molar-refractivity contribution in [3.8, 4) is 0 Å². The zero-order valence-corrected chi connectivity index (χ0v) is 11.1. The highest BCUT2D eigenvalue weighted by Crippen LogP contribution is 2.09. The Morgan fingerprint density at radius 3 is 2.27 bits per heavy atom. The number of hydrogen-bond acceptors (Lipinski definition) is 2. The smallest absolute Gasteiger partial charge is 0.250 e. The first-order valence-corrected chi connectivity index (χ1v) is 6.45. The second kappa shape index (κ2) is 5.66. The van der Waals surface area contributed by atoms with E-state index in [2.05, 4.69) is 41.3 Å². The van der Waals surface area contributed by atoms with Gasteiger partial charge in [-0.3, -0.25) is 9.69 Å². The summed E-state index contributed by atoms with van der Waals surface area (Å²) in [6.07, 6.45) is 0. The van der Waals surface area contributed by atoms with Crippen molar-refractivity contribution >= 4 is 21.8 Å². The molecule has 86 valence electrons. The number of nitrogens with zero attached hydrogens (tertiary/aromatic N) is 2. The summed E-state index contributed by atoms with van der Waals surface area (Å²) < 4.78 is 0. The number of alkyl halides is 1. The molecule has 1 aliphatic rings. The van der Waals surface area contributed by atoms with Gasteiger partial charge in [-0.2, -0.15) is 0 Å². The number of carbonyl (C=O) groups excluding carboxylic acids is 1. The molecule has 0 aliphatic carbocycles. The molecule has 1 aliphatic heterocycles. The van der Waals surface area contributed by atoms with Crippen LogP contribution >= 0.6 is 15.9 Å². The van der Waals surface area contributed by atoms with E-state index in [1.165, 1.54) is 0 Å². The normalized spacial score (nSPS) is 18.3. The Labute approximate surface area is 100 Å². The van der Waals surface area contributed by atoms with Gasteiger partial charge in [-0.25, -0.2) is 0 Å². The standard InChI is InChI=1S/C11H19BrN2O/c1-9(2)13-4-6-14(7-5-13)11(15)10(3)8-12/h9H,3-8H2,1-2H3. The summed E-state index contributed by atoms with van der Waals surface area (Å²) in [5.74, 6) is 0.0929. The average molecular weight is 275 g/mol. The summed E-state index contributed by atoms with van der Waals surface area (Å²) in [7, 11) is 0. The van der Waals surface area contributed by atoms with E-state index < -0.39 is 0 Å². The second-order valence-corrected chi connectivity index (χ2v) is 4.72. The number of amides is 1. The Kier molecular flexibility index (Phi) is 4.80. The average Bonchev–Trinajstić information content (AvgIpc) is 2.27. The van der Waals surface area contributed by atoms with Gasteiger partial charge < -0.3 is 4.90 Å². The monoisotopic (exact) mass is 274 g/mol. The van der Waals surface area contributed by atoms with Crippen molar-refractivity contribution in [1.29, 1.82) is 0 Å². The van der Waals surface area contributed by atoms with Crippen molar-refractivity contribution in [3.05, 3.63) is 12.2 Å². The number of hydrogen-bond donors (Lipinski definition) is 0. The minimum Gasteiger partial charge on any atom is -0.336 e. The van der Waals surface area contributed by atoms with Crippen molar-refractivity contribution in [2.75, 3.05) is 31.5 Å². The molecule has 0 bridgehead atoms. The summed E-state index contributed by atoms with van der Waals surface area (Å²) in [4.78, 5) is 16.1. The molecule has 15 heavy (non-hydrogen) atoms. The van der Waals surface area contributed by atoms with Gasteiger partial charge in [0.05, 0.1) is 0 Å². The Balaban J connectivity index is 2.44. The number of rotatable bonds is 3. The van der Waals surface area contributed by atoms with Crippen molar-refractivity contribution in [3.63, 3.8) is 0 Å². The Morgan fingerprint density at radius 1 is 1.33 bits per heavy atom. The van der Waals surface area contributed by atoms with Gasteiger partial charge in [-0.1, -0.05) is 22.5 Å². The summed E-state index contributed by atoms with van der Waals surface area (Å²) in [5, 5.41) is 0.566. The predicted octanol–water partition coefficient (Wildman–Crippen LogP) is 1.49.